The molecule has 0 aliphatic carbocycles. The molecule has 1 N–H and O–H groups in total. The lowest BCUT2D eigenvalue weighted by atomic mass is 9.93. The number of amides is 1. The van der Waals surface area contributed by atoms with Crippen LogP contribution in [-0.4, -0.2) is 57.6 Å². The Bertz CT molecular complexity index is 829. The molecular formula is C21H27N3O3. The molecule has 27 heavy (non-hydrogen) atoms. The Kier molecular flexibility index (Phi) is 5.77. The summed E-state index contributed by atoms with van der Waals surface area (Å²) in [4.78, 5) is 14.5. The molecule has 6 nitrogen and oxygen atoms in total. The summed E-state index contributed by atoms with van der Waals surface area (Å²) >= 11 is 0. The number of carbonyl (C=O) groups is 1. The number of hydrogen-bond acceptors (Lipinski definition) is 4. The molecule has 1 atom stereocenters. The molecular weight excluding hydrogens is 342 g/mol. The maximum absolute atomic E-state index is 12.7. The Balaban J connectivity index is 1.72. The zero-order valence-electron chi connectivity index (χ0n) is 16.2. The third kappa shape index (κ3) is 4.28. The number of rotatable bonds is 5. The van der Waals surface area contributed by atoms with Crippen molar-refractivity contribution in [3.8, 4) is 0 Å². The van der Waals surface area contributed by atoms with Gasteiger partial charge in [0.2, 0.25) is 5.91 Å². The number of aromatic nitrogens is 2. The van der Waals surface area contributed by atoms with Crippen LogP contribution in [0.2, 0.25) is 0 Å². The van der Waals surface area contributed by atoms with Crippen LogP contribution < -0.4 is 0 Å². The van der Waals surface area contributed by atoms with Gasteiger partial charge >= 0.3 is 0 Å². The van der Waals surface area contributed by atoms with Gasteiger partial charge in [0.25, 0.3) is 0 Å². The highest BCUT2D eigenvalue weighted by Gasteiger charge is 2.37. The predicted octanol–water partition coefficient (Wildman–Crippen LogP) is 1.88. The van der Waals surface area contributed by atoms with Crippen molar-refractivity contribution in [2.45, 2.75) is 25.9 Å². The number of ether oxygens (including phenoxy) is 1. The van der Waals surface area contributed by atoms with Gasteiger partial charge < -0.3 is 14.7 Å². The maximum Gasteiger partial charge on any atom is 0.246 e. The van der Waals surface area contributed by atoms with Crippen molar-refractivity contribution in [2.75, 3.05) is 26.3 Å². The van der Waals surface area contributed by atoms with Crippen molar-refractivity contribution in [3.05, 3.63) is 58.9 Å². The SMILES string of the molecule is Cc1nn(C)c(C)c1/C=C/C(=O)N1CCO[C@@](CO)(Cc2ccccc2)C1. The molecule has 2 heterocycles. The number of morpholine rings is 1. The summed E-state index contributed by atoms with van der Waals surface area (Å²) < 4.78 is 7.73. The minimum atomic E-state index is -0.761. The molecule has 2 aromatic rings. The number of aliphatic hydroxyl groups excluding tert-OH is 1. The third-order valence-electron chi connectivity index (χ3n) is 5.17. The van der Waals surface area contributed by atoms with E-state index in [1.807, 2.05) is 62.0 Å². The summed E-state index contributed by atoms with van der Waals surface area (Å²) in [6.45, 7) is 5.09. The zero-order valence-corrected chi connectivity index (χ0v) is 16.2. The van der Waals surface area contributed by atoms with Crippen molar-refractivity contribution in [3.63, 3.8) is 0 Å². The highest BCUT2D eigenvalue weighted by molar-refractivity contribution is 5.92. The lowest BCUT2D eigenvalue weighted by molar-refractivity contribution is -0.153. The smallest absolute Gasteiger partial charge is 0.246 e. The number of aryl methyl sites for hydroxylation is 2. The van der Waals surface area contributed by atoms with Gasteiger partial charge in [-0.15, -0.1) is 0 Å². The molecule has 3 rings (SSSR count). The van der Waals surface area contributed by atoms with Crippen molar-refractivity contribution in [1.82, 2.24) is 14.7 Å². The van der Waals surface area contributed by atoms with Crippen molar-refractivity contribution < 1.29 is 14.6 Å². The van der Waals surface area contributed by atoms with Gasteiger partial charge in [-0.2, -0.15) is 5.10 Å². The fourth-order valence-corrected chi connectivity index (χ4v) is 3.55. The van der Waals surface area contributed by atoms with Gasteiger partial charge in [-0.1, -0.05) is 30.3 Å². The maximum atomic E-state index is 12.7. The van der Waals surface area contributed by atoms with Crippen LogP contribution in [0, 0.1) is 13.8 Å². The van der Waals surface area contributed by atoms with E-state index in [1.54, 1.807) is 11.0 Å². The van der Waals surface area contributed by atoms with E-state index in [1.165, 1.54) is 0 Å². The first kappa shape index (κ1) is 19.3. The average molecular weight is 369 g/mol. The first-order valence-electron chi connectivity index (χ1n) is 9.20. The van der Waals surface area contributed by atoms with E-state index in [0.29, 0.717) is 26.1 Å². The number of nitrogens with zero attached hydrogens (tertiary/aromatic N) is 3. The molecule has 1 aromatic carbocycles. The van der Waals surface area contributed by atoms with Gasteiger partial charge in [0.05, 0.1) is 25.5 Å². The van der Waals surface area contributed by atoms with Crippen LogP contribution >= 0.6 is 0 Å². The largest absolute Gasteiger partial charge is 0.393 e. The molecule has 0 spiro atoms. The Morgan fingerprint density at radius 1 is 1.33 bits per heavy atom. The van der Waals surface area contributed by atoms with E-state index in [2.05, 4.69) is 5.10 Å². The second kappa shape index (κ2) is 8.06. The molecule has 0 saturated carbocycles. The summed E-state index contributed by atoms with van der Waals surface area (Å²) in [5, 5.41) is 14.4. The van der Waals surface area contributed by atoms with Crippen molar-refractivity contribution >= 4 is 12.0 Å². The lowest BCUT2D eigenvalue weighted by Crippen LogP contribution is -2.56. The second-order valence-corrected chi connectivity index (χ2v) is 7.15. The molecule has 6 heteroatoms. The fourth-order valence-electron chi connectivity index (χ4n) is 3.55. The molecule has 0 bridgehead atoms. The van der Waals surface area contributed by atoms with Crippen LogP contribution in [0.4, 0.5) is 0 Å². The Hall–Kier alpha value is -2.44. The monoisotopic (exact) mass is 369 g/mol. The van der Waals surface area contributed by atoms with E-state index in [-0.39, 0.29) is 12.5 Å². The summed E-state index contributed by atoms with van der Waals surface area (Å²) in [6, 6.07) is 9.91. The summed E-state index contributed by atoms with van der Waals surface area (Å²) in [5.41, 5.74) is 3.21. The number of hydrogen-bond donors (Lipinski definition) is 1. The standard InChI is InChI=1S/C21H27N3O3/c1-16-19(17(2)23(3)22-16)9-10-20(26)24-11-12-27-21(14-24,15-25)13-18-7-5-4-6-8-18/h4-10,25H,11-15H2,1-3H3/b10-9+/t21-/m0/s1. The van der Waals surface area contributed by atoms with Gasteiger partial charge in [0.15, 0.2) is 0 Å². The van der Waals surface area contributed by atoms with Gasteiger partial charge in [-0.05, 0) is 25.5 Å². The first-order valence-corrected chi connectivity index (χ1v) is 9.20. The molecule has 1 saturated heterocycles. The van der Waals surface area contributed by atoms with Crippen molar-refractivity contribution in [1.29, 1.82) is 0 Å². The van der Waals surface area contributed by atoms with E-state index in [9.17, 15) is 9.90 Å². The van der Waals surface area contributed by atoms with Crippen LogP contribution in [0.25, 0.3) is 6.08 Å². The summed E-state index contributed by atoms with van der Waals surface area (Å²) in [6.07, 6.45) is 3.99. The minimum absolute atomic E-state index is 0.0770. The summed E-state index contributed by atoms with van der Waals surface area (Å²) in [5.74, 6) is -0.0770. The molecule has 0 radical (unpaired) electrons. The third-order valence-corrected chi connectivity index (χ3v) is 5.17. The van der Waals surface area contributed by atoms with Gasteiger partial charge in [0.1, 0.15) is 5.60 Å². The normalized spacial score (nSPS) is 20.4. The highest BCUT2D eigenvalue weighted by atomic mass is 16.5. The fraction of sp³-hybridized carbons (Fsp3) is 0.429. The number of carbonyl (C=O) groups excluding carboxylic acids is 1. The molecule has 1 aromatic heterocycles. The Morgan fingerprint density at radius 3 is 2.70 bits per heavy atom. The van der Waals surface area contributed by atoms with E-state index in [0.717, 1.165) is 22.5 Å². The van der Waals surface area contributed by atoms with Crippen LogP contribution in [0.1, 0.15) is 22.5 Å². The van der Waals surface area contributed by atoms with E-state index < -0.39 is 5.60 Å². The average Bonchev–Trinajstić information content (AvgIpc) is 2.92. The highest BCUT2D eigenvalue weighted by Crippen LogP contribution is 2.23. The van der Waals surface area contributed by atoms with Crippen molar-refractivity contribution in [2.24, 2.45) is 7.05 Å². The Labute approximate surface area is 160 Å². The van der Waals surface area contributed by atoms with E-state index in [4.69, 9.17) is 4.74 Å². The number of aliphatic hydroxyl groups is 1. The molecule has 144 valence electrons. The quantitative estimate of drug-likeness (QED) is 0.818. The van der Waals surface area contributed by atoms with Crippen LogP contribution in [0.15, 0.2) is 36.4 Å². The molecule has 1 aliphatic rings. The van der Waals surface area contributed by atoms with Gasteiger partial charge in [-0.3, -0.25) is 9.48 Å². The molecule has 1 aliphatic heterocycles. The Morgan fingerprint density at radius 2 is 2.07 bits per heavy atom. The first-order chi connectivity index (χ1) is 12.9. The van der Waals surface area contributed by atoms with E-state index >= 15 is 0 Å². The molecule has 0 unspecified atom stereocenters. The lowest BCUT2D eigenvalue weighted by Gasteiger charge is -2.41. The second-order valence-electron chi connectivity index (χ2n) is 7.15. The van der Waals surface area contributed by atoms with Gasteiger partial charge in [-0.25, -0.2) is 0 Å². The summed E-state index contributed by atoms with van der Waals surface area (Å²) in [7, 11) is 1.89. The van der Waals surface area contributed by atoms with Crippen LogP contribution in [0.3, 0.4) is 0 Å². The molecule has 1 fully saturated rings. The van der Waals surface area contributed by atoms with Crippen LogP contribution in [0.5, 0.6) is 0 Å². The van der Waals surface area contributed by atoms with Crippen LogP contribution in [-0.2, 0) is 23.0 Å². The molecule has 1 amide bonds. The van der Waals surface area contributed by atoms with Gasteiger partial charge in [0, 0.05) is 37.3 Å². The minimum Gasteiger partial charge on any atom is -0.393 e. The zero-order chi connectivity index (χ0) is 19.4. The number of benzene rings is 1. The topological polar surface area (TPSA) is 67.6 Å². The predicted molar refractivity (Wildman–Crippen MR) is 104 cm³/mol.